The van der Waals surface area contributed by atoms with Gasteiger partial charge in [-0.2, -0.15) is 0 Å². The molecule has 1 atom stereocenters. The highest BCUT2D eigenvalue weighted by atomic mass is 32.2. The number of nitrogens with one attached hydrogen (secondary N) is 1. The van der Waals surface area contributed by atoms with E-state index in [9.17, 15) is 22.4 Å². The molecule has 0 aliphatic rings. The summed E-state index contributed by atoms with van der Waals surface area (Å²) >= 11 is 0. The molecule has 0 unspecified atom stereocenters. The number of amides is 2. The fourth-order valence-electron chi connectivity index (χ4n) is 3.41. The molecule has 2 amide bonds. The maximum atomic E-state index is 13.3. The van der Waals surface area contributed by atoms with E-state index in [1.165, 1.54) is 21.3 Å². The number of anilines is 1. The zero-order valence-electron chi connectivity index (χ0n) is 19.5. The lowest BCUT2D eigenvalue weighted by molar-refractivity contribution is -0.140. The molecule has 0 spiro atoms. The first-order chi connectivity index (χ1) is 15.5. The number of sulfonamides is 1. The molecule has 2 aromatic rings. The molecule has 0 bridgehead atoms. The van der Waals surface area contributed by atoms with Crippen LogP contribution in [0.4, 0.5) is 10.1 Å². The Morgan fingerprint density at radius 2 is 1.67 bits per heavy atom. The summed E-state index contributed by atoms with van der Waals surface area (Å²) in [6, 6.07) is 12.2. The lowest BCUT2D eigenvalue weighted by atomic mass is 10.1. The van der Waals surface area contributed by atoms with Crippen molar-refractivity contribution in [3.8, 4) is 0 Å². The monoisotopic (exact) mass is 477 g/mol. The van der Waals surface area contributed by atoms with E-state index in [1.807, 2.05) is 19.1 Å². The number of carbonyl (C=O) groups excluding carboxylic acids is 2. The Morgan fingerprint density at radius 1 is 1.06 bits per heavy atom. The van der Waals surface area contributed by atoms with E-state index in [2.05, 4.69) is 5.32 Å². The van der Waals surface area contributed by atoms with Crippen molar-refractivity contribution in [1.82, 2.24) is 10.2 Å². The van der Waals surface area contributed by atoms with Crippen LogP contribution in [0.15, 0.2) is 48.5 Å². The van der Waals surface area contributed by atoms with Gasteiger partial charge in [-0.1, -0.05) is 29.8 Å². The van der Waals surface area contributed by atoms with E-state index in [0.717, 1.165) is 11.8 Å². The molecule has 0 aromatic heterocycles. The van der Waals surface area contributed by atoms with Crippen LogP contribution < -0.4 is 9.62 Å². The Kier molecular flexibility index (Phi) is 9.40. The lowest BCUT2D eigenvalue weighted by Crippen LogP contribution is -2.47. The quantitative estimate of drug-likeness (QED) is 0.538. The van der Waals surface area contributed by atoms with Crippen molar-refractivity contribution in [2.75, 3.05) is 23.7 Å². The first-order valence-electron chi connectivity index (χ1n) is 10.9. The first-order valence-corrected chi connectivity index (χ1v) is 12.7. The predicted octanol–water partition coefficient (Wildman–Crippen LogP) is 3.23. The number of carbonyl (C=O) groups is 2. The van der Waals surface area contributed by atoms with Crippen molar-refractivity contribution in [3.63, 3.8) is 0 Å². The van der Waals surface area contributed by atoms with E-state index in [0.29, 0.717) is 17.8 Å². The summed E-state index contributed by atoms with van der Waals surface area (Å²) in [6.45, 7) is 6.06. The van der Waals surface area contributed by atoms with Crippen LogP contribution in [-0.4, -0.2) is 50.5 Å². The van der Waals surface area contributed by atoms with Crippen LogP contribution in [0.3, 0.4) is 0 Å². The second-order valence-corrected chi connectivity index (χ2v) is 9.90. The number of likely N-dealkylation sites (N-methyl/N-ethyl adjacent to an activating group) is 1. The first kappa shape index (κ1) is 26.3. The molecular formula is C24H32FN3O4S. The summed E-state index contributed by atoms with van der Waals surface area (Å²) in [7, 11) is -3.53. The molecule has 0 saturated carbocycles. The van der Waals surface area contributed by atoms with Gasteiger partial charge in [0.1, 0.15) is 11.9 Å². The highest BCUT2D eigenvalue weighted by Gasteiger charge is 2.26. The minimum atomic E-state index is -3.53. The number of hydrogen-bond donors (Lipinski definition) is 1. The number of hydrogen-bond acceptors (Lipinski definition) is 4. The molecule has 2 aromatic carbocycles. The van der Waals surface area contributed by atoms with Gasteiger partial charge in [-0.25, -0.2) is 12.8 Å². The fraction of sp³-hybridized carbons (Fsp3) is 0.417. The Hall–Kier alpha value is -2.94. The Labute approximate surface area is 195 Å². The molecule has 0 saturated heterocycles. The topological polar surface area (TPSA) is 86.8 Å². The molecule has 7 nitrogen and oxygen atoms in total. The molecule has 180 valence electrons. The molecule has 9 heteroatoms. The standard InChI is InChI=1S/C24H32FN3O4S/c1-5-26-24(30)19(3)27(17-20-10-12-21(25)13-11-20)23(29)7-6-16-28(33(4,31)32)22-14-8-18(2)9-15-22/h8-15,19H,5-7,16-17H2,1-4H3,(H,26,30)/t19-/m1/s1. The van der Waals surface area contributed by atoms with Gasteiger partial charge in [0.05, 0.1) is 11.9 Å². The number of nitrogens with zero attached hydrogens (tertiary/aromatic N) is 2. The van der Waals surface area contributed by atoms with Crippen molar-refractivity contribution >= 4 is 27.5 Å². The zero-order valence-corrected chi connectivity index (χ0v) is 20.4. The minimum Gasteiger partial charge on any atom is -0.355 e. The van der Waals surface area contributed by atoms with Gasteiger partial charge < -0.3 is 10.2 Å². The SMILES string of the molecule is CCNC(=O)[C@@H](C)N(Cc1ccc(F)cc1)C(=O)CCCN(c1ccc(C)cc1)S(C)(=O)=O. The van der Waals surface area contributed by atoms with Crippen molar-refractivity contribution in [3.05, 3.63) is 65.5 Å². The van der Waals surface area contributed by atoms with Crippen LogP contribution in [0.25, 0.3) is 0 Å². The van der Waals surface area contributed by atoms with Gasteiger partial charge in [0, 0.05) is 26.1 Å². The van der Waals surface area contributed by atoms with Crippen molar-refractivity contribution in [2.24, 2.45) is 0 Å². The molecule has 0 heterocycles. The second kappa shape index (κ2) is 11.8. The molecule has 0 fully saturated rings. The minimum absolute atomic E-state index is 0.0584. The maximum absolute atomic E-state index is 13.3. The van der Waals surface area contributed by atoms with E-state index < -0.39 is 16.1 Å². The third-order valence-electron chi connectivity index (χ3n) is 5.26. The second-order valence-electron chi connectivity index (χ2n) is 7.99. The number of benzene rings is 2. The normalized spacial score (nSPS) is 12.2. The molecule has 2 rings (SSSR count). The van der Waals surface area contributed by atoms with Crippen LogP contribution >= 0.6 is 0 Å². The zero-order chi connectivity index (χ0) is 24.6. The Morgan fingerprint density at radius 3 is 2.21 bits per heavy atom. The van der Waals surface area contributed by atoms with Gasteiger partial charge in [0.25, 0.3) is 0 Å². The van der Waals surface area contributed by atoms with Crippen LogP contribution in [0, 0.1) is 12.7 Å². The smallest absolute Gasteiger partial charge is 0.242 e. The molecule has 0 radical (unpaired) electrons. The number of halogens is 1. The van der Waals surface area contributed by atoms with E-state index in [4.69, 9.17) is 0 Å². The van der Waals surface area contributed by atoms with E-state index in [1.54, 1.807) is 38.1 Å². The lowest BCUT2D eigenvalue weighted by Gasteiger charge is -2.29. The summed E-state index contributed by atoms with van der Waals surface area (Å²) in [5, 5.41) is 2.72. The van der Waals surface area contributed by atoms with Gasteiger partial charge in [0.2, 0.25) is 21.8 Å². The average molecular weight is 478 g/mol. The van der Waals surface area contributed by atoms with Crippen molar-refractivity contribution < 1.29 is 22.4 Å². The summed E-state index contributed by atoms with van der Waals surface area (Å²) in [5.41, 5.74) is 2.24. The predicted molar refractivity (Wildman–Crippen MR) is 128 cm³/mol. The summed E-state index contributed by atoms with van der Waals surface area (Å²) in [5.74, 6) is -0.953. The van der Waals surface area contributed by atoms with E-state index in [-0.39, 0.29) is 43.6 Å². The van der Waals surface area contributed by atoms with Crippen LogP contribution in [0.5, 0.6) is 0 Å². The van der Waals surface area contributed by atoms with Gasteiger partial charge in [-0.3, -0.25) is 13.9 Å². The molecule has 33 heavy (non-hydrogen) atoms. The van der Waals surface area contributed by atoms with Gasteiger partial charge in [-0.05, 0) is 57.0 Å². The molecule has 0 aliphatic heterocycles. The number of aryl methyl sites for hydroxylation is 1. The van der Waals surface area contributed by atoms with Gasteiger partial charge in [0.15, 0.2) is 0 Å². The maximum Gasteiger partial charge on any atom is 0.242 e. The third kappa shape index (κ3) is 7.85. The fourth-order valence-corrected chi connectivity index (χ4v) is 4.37. The van der Waals surface area contributed by atoms with Crippen LogP contribution in [0.1, 0.15) is 37.8 Å². The van der Waals surface area contributed by atoms with Crippen molar-refractivity contribution in [2.45, 2.75) is 46.2 Å². The summed E-state index contributed by atoms with van der Waals surface area (Å²) < 4.78 is 39.2. The Bertz CT molecular complexity index is 1040. The molecular weight excluding hydrogens is 445 g/mol. The number of rotatable bonds is 11. The largest absolute Gasteiger partial charge is 0.355 e. The van der Waals surface area contributed by atoms with Gasteiger partial charge >= 0.3 is 0 Å². The van der Waals surface area contributed by atoms with Crippen molar-refractivity contribution in [1.29, 1.82) is 0 Å². The highest BCUT2D eigenvalue weighted by molar-refractivity contribution is 7.92. The average Bonchev–Trinajstić information content (AvgIpc) is 2.76. The van der Waals surface area contributed by atoms with Crippen LogP contribution in [-0.2, 0) is 26.2 Å². The molecule has 1 N–H and O–H groups in total. The summed E-state index contributed by atoms with van der Waals surface area (Å²) in [6.07, 6.45) is 1.47. The third-order valence-corrected chi connectivity index (χ3v) is 6.45. The van der Waals surface area contributed by atoms with E-state index >= 15 is 0 Å². The Balaban J connectivity index is 2.13. The molecule has 0 aliphatic carbocycles. The highest BCUT2D eigenvalue weighted by Crippen LogP contribution is 2.20. The van der Waals surface area contributed by atoms with Crippen LogP contribution in [0.2, 0.25) is 0 Å². The van der Waals surface area contributed by atoms with Gasteiger partial charge in [-0.15, -0.1) is 0 Å². The summed E-state index contributed by atoms with van der Waals surface area (Å²) in [4.78, 5) is 26.9.